The number of halogens is 2. The molecule has 0 radical (unpaired) electrons. The molecule has 19 heavy (non-hydrogen) atoms. The van der Waals surface area contributed by atoms with Crippen molar-refractivity contribution in [1.82, 2.24) is 0 Å². The van der Waals surface area contributed by atoms with Gasteiger partial charge in [0, 0.05) is 20.1 Å². The smallest absolute Gasteiger partial charge is 0.0438 e. The third-order valence-electron chi connectivity index (χ3n) is 3.24. The first-order chi connectivity index (χ1) is 9.22. The molecule has 0 aliphatic carbocycles. The van der Waals surface area contributed by atoms with E-state index in [1.807, 2.05) is 23.5 Å². The number of hydrogen-bond acceptors (Lipinski definition) is 1. The standard InChI is InChI=1S/C16H18BrClS/c1-2-14-7-8-15(19-14)10-12(11-17)9-13-5-3-4-6-16(13)18/h3-8,12H,2,9-11H2,1H3. The SMILES string of the molecule is CCc1ccc(CC(CBr)Cc2ccccc2Cl)s1. The monoisotopic (exact) mass is 356 g/mol. The van der Waals surface area contributed by atoms with Gasteiger partial charge in [0.2, 0.25) is 0 Å². The molecule has 0 saturated heterocycles. The van der Waals surface area contributed by atoms with E-state index >= 15 is 0 Å². The number of aryl methyl sites for hydroxylation is 1. The molecular formula is C16H18BrClS. The molecule has 1 heterocycles. The quantitative estimate of drug-likeness (QED) is 0.576. The van der Waals surface area contributed by atoms with E-state index in [9.17, 15) is 0 Å². The lowest BCUT2D eigenvalue weighted by Gasteiger charge is -2.14. The van der Waals surface area contributed by atoms with Crippen molar-refractivity contribution in [1.29, 1.82) is 0 Å². The highest BCUT2D eigenvalue weighted by molar-refractivity contribution is 9.09. The van der Waals surface area contributed by atoms with Gasteiger partial charge in [-0.05, 0) is 48.9 Å². The van der Waals surface area contributed by atoms with Gasteiger partial charge in [-0.2, -0.15) is 0 Å². The van der Waals surface area contributed by atoms with Gasteiger partial charge in [0.25, 0.3) is 0 Å². The molecule has 0 fully saturated rings. The first-order valence-electron chi connectivity index (χ1n) is 6.60. The van der Waals surface area contributed by atoms with E-state index in [-0.39, 0.29) is 0 Å². The minimum atomic E-state index is 0.600. The maximum Gasteiger partial charge on any atom is 0.0438 e. The van der Waals surface area contributed by atoms with E-state index in [0.717, 1.165) is 29.6 Å². The lowest BCUT2D eigenvalue weighted by atomic mass is 9.97. The van der Waals surface area contributed by atoms with Gasteiger partial charge in [-0.3, -0.25) is 0 Å². The minimum absolute atomic E-state index is 0.600. The summed E-state index contributed by atoms with van der Waals surface area (Å²) in [5, 5.41) is 1.89. The Bertz CT molecular complexity index is 521. The van der Waals surface area contributed by atoms with Crippen LogP contribution in [0.4, 0.5) is 0 Å². The number of alkyl halides is 1. The second kappa shape index (κ2) is 7.47. The maximum atomic E-state index is 6.24. The number of thiophene rings is 1. The third kappa shape index (κ3) is 4.34. The summed E-state index contributed by atoms with van der Waals surface area (Å²) in [5.41, 5.74) is 1.25. The molecule has 1 atom stereocenters. The molecule has 0 nitrogen and oxygen atoms in total. The summed E-state index contributed by atoms with van der Waals surface area (Å²) in [7, 11) is 0. The van der Waals surface area contributed by atoms with Crippen molar-refractivity contribution >= 4 is 38.9 Å². The third-order valence-corrected chi connectivity index (χ3v) is 5.78. The van der Waals surface area contributed by atoms with Gasteiger partial charge in [-0.1, -0.05) is 52.7 Å². The van der Waals surface area contributed by atoms with Crippen LogP contribution in [0.25, 0.3) is 0 Å². The molecule has 0 aliphatic heterocycles. The van der Waals surface area contributed by atoms with Crippen LogP contribution in [-0.4, -0.2) is 5.33 Å². The predicted molar refractivity (Wildman–Crippen MR) is 89.8 cm³/mol. The van der Waals surface area contributed by atoms with E-state index in [1.54, 1.807) is 0 Å². The summed E-state index contributed by atoms with van der Waals surface area (Å²) in [6, 6.07) is 12.7. The second-order valence-corrected chi connectivity index (χ2v) is 7.05. The molecule has 0 bridgehead atoms. The Balaban J connectivity index is 2.02. The predicted octanol–water partition coefficient (Wildman–Crippen LogP) is 5.76. The molecule has 102 valence electrons. The lowest BCUT2D eigenvalue weighted by Crippen LogP contribution is -2.09. The van der Waals surface area contributed by atoms with E-state index in [0.29, 0.717) is 5.92 Å². The van der Waals surface area contributed by atoms with E-state index in [2.05, 4.69) is 47.1 Å². The topological polar surface area (TPSA) is 0 Å². The number of benzene rings is 1. The van der Waals surface area contributed by atoms with Crippen LogP contribution < -0.4 is 0 Å². The van der Waals surface area contributed by atoms with Crippen LogP contribution in [0, 0.1) is 5.92 Å². The fraction of sp³-hybridized carbons (Fsp3) is 0.375. The molecule has 1 unspecified atom stereocenters. The highest BCUT2D eigenvalue weighted by atomic mass is 79.9. The molecule has 1 aromatic carbocycles. The van der Waals surface area contributed by atoms with Gasteiger partial charge in [-0.25, -0.2) is 0 Å². The molecule has 2 aromatic rings. The summed E-state index contributed by atoms with van der Waals surface area (Å²) >= 11 is 11.8. The van der Waals surface area contributed by atoms with Gasteiger partial charge >= 0.3 is 0 Å². The zero-order chi connectivity index (χ0) is 13.7. The van der Waals surface area contributed by atoms with Crippen LogP contribution in [0.5, 0.6) is 0 Å². The molecule has 0 spiro atoms. The first kappa shape index (κ1) is 15.1. The van der Waals surface area contributed by atoms with Crippen molar-refractivity contribution in [3.63, 3.8) is 0 Å². The van der Waals surface area contributed by atoms with E-state index in [1.165, 1.54) is 15.3 Å². The Kier molecular flexibility index (Phi) is 5.93. The van der Waals surface area contributed by atoms with Gasteiger partial charge in [-0.15, -0.1) is 11.3 Å². The molecule has 0 amide bonds. The molecule has 1 aromatic heterocycles. The Labute approximate surface area is 132 Å². The van der Waals surface area contributed by atoms with Crippen LogP contribution in [0.3, 0.4) is 0 Å². The molecule has 0 aliphatic rings. The summed E-state index contributed by atoms with van der Waals surface area (Å²) in [6.45, 7) is 2.21. The molecular weight excluding hydrogens is 340 g/mol. The highest BCUT2D eigenvalue weighted by Crippen LogP contribution is 2.25. The summed E-state index contributed by atoms with van der Waals surface area (Å²) in [4.78, 5) is 2.95. The van der Waals surface area contributed by atoms with Gasteiger partial charge < -0.3 is 0 Å². The van der Waals surface area contributed by atoms with Crippen molar-refractivity contribution in [3.8, 4) is 0 Å². The van der Waals surface area contributed by atoms with E-state index in [4.69, 9.17) is 11.6 Å². The lowest BCUT2D eigenvalue weighted by molar-refractivity contribution is 0.596. The summed E-state index contributed by atoms with van der Waals surface area (Å²) < 4.78 is 0. The van der Waals surface area contributed by atoms with Crippen LogP contribution in [-0.2, 0) is 19.3 Å². The molecule has 2 rings (SSSR count). The summed E-state index contributed by atoms with van der Waals surface area (Å²) in [5.74, 6) is 0.600. The van der Waals surface area contributed by atoms with Crippen LogP contribution in [0.15, 0.2) is 36.4 Å². The molecule has 3 heteroatoms. The van der Waals surface area contributed by atoms with Gasteiger partial charge in [0.15, 0.2) is 0 Å². The normalized spacial score (nSPS) is 12.6. The van der Waals surface area contributed by atoms with Crippen LogP contribution in [0.1, 0.15) is 22.2 Å². The average Bonchev–Trinajstić information content (AvgIpc) is 2.88. The minimum Gasteiger partial charge on any atom is -0.145 e. The highest BCUT2D eigenvalue weighted by Gasteiger charge is 2.12. The van der Waals surface area contributed by atoms with Crippen molar-refractivity contribution in [2.24, 2.45) is 5.92 Å². The zero-order valence-corrected chi connectivity index (χ0v) is 14.2. The Morgan fingerprint density at radius 3 is 2.47 bits per heavy atom. The van der Waals surface area contributed by atoms with Crippen molar-refractivity contribution in [2.45, 2.75) is 26.2 Å². The van der Waals surface area contributed by atoms with Gasteiger partial charge in [0.1, 0.15) is 0 Å². The average molecular weight is 358 g/mol. The largest absolute Gasteiger partial charge is 0.145 e. The van der Waals surface area contributed by atoms with Crippen LogP contribution in [0.2, 0.25) is 5.02 Å². The first-order valence-corrected chi connectivity index (χ1v) is 8.91. The zero-order valence-electron chi connectivity index (χ0n) is 11.0. The van der Waals surface area contributed by atoms with Crippen molar-refractivity contribution < 1.29 is 0 Å². The maximum absolute atomic E-state index is 6.24. The Hall–Kier alpha value is -0.310. The number of rotatable bonds is 6. The van der Waals surface area contributed by atoms with Crippen molar-refractivity contribution in [3.05, 3.63) is 56.7 Å². The Morgan fingerprint density at radius 2 is 1.84 bits per heavy atom. The van der Waals surface area contributed by atoms with E-state index < -0.39 is 0 Å². The molecule has 0 N–H and O–H groups in total. The number of hydrogen-bond donors (Lipinski definition) is 0. The second-order valence-electron chi connectivity index (χ2n) is 4.74. The van der Waals surface area contributed by atoms with Crippen LogP contribution >= 0.6 is 38.9 Å². The molecule has 0 saturated carbocycles. The fourth-order valence-corrected chi connectivity index (χ4v) is 3.91. The van der Waals surface area contributed by atoms with Gasteiger partial charge in [0.05, 0.1) is 0 Å². The van der Waals surface area contributed by atoms with Crippen molar-refractivity contribution in [2.75, 3.05) is 5.33 Å². The Morgan fingerprint density at radius 1 is 1.11 bits per heavy atom. The summed E-state index contributed by atoms with van der Waals surface area (Å²) in [6.07, 6.45) is 3.29. The fourth-order valence-electron chi connectivity index (χ4n) is 2.16.